The highest BCUT2D eigenvalue weighted by molar-refractivity contribution is 5.97. The van der Waals surface area contributed by atoms with Crippen LogP contribution < -0.4 is 5.32 Å². The van der Waals surface area contributed by atoms with Crippen molar-refractivity contribution < 1.29 is 4.79 Å². The van der Waals surface area contributed by atoms with E-state index in [1.807, 2.05) is 35.9 Å². The zero-order valence-corrected chi connectivity index (χ0v) is 20.9. The van der Waals surface area contributed by atoms with E-state index in [-0.39, 0.29) is 5.91 Å². The molecule has 0 saturated carbocycles. The maximum Gasteiger partial charge on any atom is 0.251 e. The third kappa shape index (κ3) is 4.53. The lowest BCUT2D eigenvalue weighted by molar-refractivity contribution is 0.0954. The molecule has 5 aromatic rings. The lowest BCUT2D eigenvalue weighted by Gasteiger charge is -2.16. The fourth-order valence-electron chi connectivity index (χ4n) is 5.40. The first-order valence-electron chi connectivity index (χ1n) is 12.9. The van der Waals surface area contributed by atoms with Crippen LogP contribution in [-0.4, -0.2) is 38.2 Å². The Morgan fingerprint density at radius 2 is 2.03 bits per heavy atom. The monoisotopic (exact) mass is 490 g/mol. The maximum absolute atomic E-state index is 12.9. The number of nitrogens with one attached hydrogen (secondary N) is 3. The summed E-state index contributed by atoms with van der Waals surface area (Å²) in [4.78, 5) is 26.0. The van der Waals surface area contributed by atoms with Crippen LogP contribution in [0.4, 0.5) is 0 Å². The van der Waals surface area contributed by atoms with Gasteiger partial charge >= 0.3 is 0 Å². The predicted molar refractivity (Wildman–Crippen MR) is 146 cm³/mol. The summed E-state index contributed by atoms with van der Waals surface area (Å²) in [6.07, 6.45) is 5.67. The fourth-order valence-corrected chi connectivity index (χ4v) is 5.40. The summed E-state index contributed by atoms with van der Waals surface area (Å²) >= 11 is 0. The number of nitrogens with zero attached hydrogens (tertiary/aromatic N) is 3. The summed E-state index contributed by atoms with van der Waals surface area (Å²) in [5, 5.41) is 13.1. The molecule has 0 radical (unpaired) electrons. The molecule has 0 aliphatic heterocycles. The first kappa shape index (κ1) is 23.2. The molecule has 0 fully saturated rings. The van der Waals surface area contributed by atoms with Gasteiger partial charge in [-0.05, 0) is 72.4 Å². The van der Waals surface area contributed by atoms with Crippen molar-refractivity contribution in [3.8, 4) is 0 Å². The summed E-state index contributed by atoms with van der Waals surface area (Å²) in [6.45, 7) is 0.573. The summed E-state index contributed by atoms with van der Waals surface area (Å²) in [6, 6.07) is 20.3. The Bertz CT molecular complexity index is 1620. The maximum atomic E-state index is 12.9. The summed E-state index contributed by atoms with van der Waals surface area (Å²) < 4.78 is 2.05. The van der Waals surface area contributed by atoms with E-state index in [2.05, 4.69) is 46.7 Å². The number of aromatic amines is 1. The summed E-state index contributed by atoms with van der Waals surface area (Å²) in [7, 11) is 1.99. The topological polar surface area (TPSA) is 99.4 Å². The molecule has 37 heavy (non-hydrogen) atoms. The first-order chi connectivity index (χ1) is 18.1. The van der Waals surface area contributed by atoms with Gasteiger partial charge in [0.05, 0.1) is 23.1 Å². The number of carbonyl (C=O) groups is 1. The highest BCUT2D eigenvalue weighted by atomic mass is 16.1. The molecule has 3 aromatic carbocycles. The van der Waals surface area contributed by atoms with Crippen molar-refractivity contribution in [3.05, 3.63) is 94.8 Å². The Balaban J connectivity index is 1.15. The second kappa shape index (κ2) is 9.65. The number of H-pyrrole nitrogens is 1. The first-order valence-corrected chi connectivity index (χ1v) is 12.9. The molecule has 1 aliphatic rings. The highest BCUT2D eigenvalue weighted by Crippen LogP contribution is 2.24. The molecule has 1 aliphatic carbocycles. The largest absolute Gasteiger partial charge is 0.352 e. The smallest absolute Gasteiger partial charge is 0.251 e. The van der Waals surface area contributed by atoms with Crippen molar-refractivity contribution in [2.75, 3.05) is 6.54 Å². The number of hydrogen-bond acceptors (Lipinski definition) is 4. The van der Waals surface area contributed by atoms with E-state index in [0.717, 1.165) is 59.8 Å². The molecule has 186 valence electrons. The summed E-state index contributed by atoms with van der Waals surface area (Å²) in [5.74, 6) is 2.02. The van der Waals surface area contributed by atoms with Gasteiger partial charge in [0, 0.05) is 24.8 Å². The van der Waals surface area contributed by atoms with Gasteiger partial charge < -0.3 is 20.3 Å². The number of fused-ring (bicyclic) bond motifs is 3. The van der Waals surface area contributed by atoms with Gasteiger partial charge in [0.2, 0.25) is 0 Å². The highest BCUT2D eigenvalue weighted by Gasteiger charge is 2.21. The van der Waals surface area contributed by atoms with E-state index in [1.165, 1.54) is 16.3 Å². The van der Waals surface area contributed by atoms with Crippen LogP contribution in [0.15, 0.2) is 60.7 Å². The van der Waals surface area contributed by atoms with Gasteiger partial charge in [-0.25, -0.2) is 9.97 Å². The molecule has 2 heterocycles. The minimum atomic E-state index is -0.0793. The number of carbonyl (C=O) groups excluding carboxylic acids is 1. The molecule has 0 spiro atoms. The lowest BCUT2D eigenvalue weighted by Crippen LogP contribution is -2.25. The third-order valence-corrected chi connectivity index (χ3v) is 7.49. The lowest BCUT2D eigenvalue weighted by atomic mass is 9.91. The van der Waals surface area contributed by atoms with E-state index in [9.17, 15) is 4.79 Å². The quantitative estimate of drug-likeness (QED) is 0.287. The molecule has 1 atom stereocenters. The Morgan fingerprint density at radius 1 is 1.16 bits per heavy atom. The van der Waals surface area contributed by atoms with Crippen molar-refractivity contribution in [2.24, 2.45) is 13.0 Å². The number of amides is 1. The standard InChI is InChI=1S/C30H30N6O/c1-36-27-16-22(30(37)32-14-13-21-7-4-6-20-5-2-3-8-23(20)21)10-12-25(27)35-29(36)17-28-33-24-11-9-19(18-31)15-26(24)34-28/h2-8,10,12,16,18-19,31H,9,11,13-15,17H2,1H3,(H,32,37)(H,33,34). The van der Waals surface area contributed by atoms with E-state index in [0.29, 0.717) is 24.4 Å². The van der Waals surface area contributed by atoms with Crippen molar-refractivity contribution in [3.63, 3.8) is 0 Å². The van der Waals surface area contributed by atoms with Crippen LogP contribution in [-0.2, 0) is 32.7 Å². The Hall–Kier alpha value is -4.26. The van der Waals surface area contributed by atoms with Crippen molar-refractivity contribution in [2.45, 2.75) is 32.1 Å². The van der Waals surface area contributed by atoms with E-state index in [1.54, 1.807) is 6.21 Å². The third-order valence-electron chi connectivity index (χ3n) is 7.49. The Labute approximate surface area is 215 Å². The van der Waals surface area contributed by atoms with Gasteiger partial charge in [0.15, 0.2) is 0 Å². The molecule has 7 nitrogen and oxygen atoms in total. The number of hydrogen-bond donors (Lipinski definition) is 3. The molecular formula is C30H30N6O. The average Bonchev–Trinajstić information content (AvgIpc) is 3.47. The van der Waals surface area contributed by atoms with Gasteiger partial charge in [-0.2, -0.15) is 0 Å². The van der Waals surface area contributed by atoms with Crippen molar-refractivity contribution >= 4 is 33.9 Å². The van der Waals surface area contributed by atoms with Crippen molar-refractivity contribution in [1.29, 1.82) is 5.41 Å². The van der Waals surface area contributed by atoms with Gasteiger partial charge in [-0.15, -0.1) is 0 Å². The Kier molecular flexibility index (Phi) is 6.04. The SMILES string of the molecule is Cn1c(Cc2nc3c([nH]2)CC(C=N)CC3)nc2ccc(C(=O)NCCc3cccc4ccccc34)cc21. The van der Waals surface area contributed by atoms with Crippen LogP contribution in [0, 0.1) is 11.3 Å². The fraction of sp³-hybridized carbons (Fsp3) is 0.267. The Morgan fingerprint density at radius 3 is 2.92 bits per heavy atom. The zero-order chi connectivity index (χ0) is 25.4. The number of benzene rings is 3. The number of imidazole rings is 2. The van der Waals surface area contributed by atoms with Crippen LogP contribution >= 0.6 is 0 Å². The summed E-state index contributed by atoms with van der Waals surface area (Å²) in [5.41, 5.74) is 5.93. The number of rotatable bonds is 7. The molecule has 7 heteroatoms. The minimum Gasteiger partial charge on any atom is -0.352 e. The predicted octanol–water partition coefficient (Wildman–Crippen LogP) is 4.77. The van der Waals surface area contributed by atoms with Crippen LogP contribution in [0.3, 0.4) is 0 Å². The van der Waals surface area contributed by atoms with Gasteiger partial charge in [-0.1, -0.05) is 42.5 Å². The van der Waals surface area contributed by atoms with Crippen LogP contribution in [0.2, 0.25) is 0 Å². The molecule has 1 unspecified atom stereocenters. The van der Waals surface area contributed by atoms with Crippen LogP contribution in [0.25, 0.3) is 21.8 Å². The van der Waals surface area contributed by atoms with E-state index < -0.39 is 0 Å². The zero-order valence-electron chi connectivity index (χ0n) is 20.9. The van der Waals surface area contributed by atoms with Crippen molar-refractivity contribution in [1.82, 2.24) is 24.8 Å². The second-order valence-corrected chi connectivity index (χ2v) is 9.89. The van der Waals surface area contributed by atoms with Gasteiger partial charge in [-0.3, -0.25) is 4.79 Å². The molecule has 3 N–H and O–H groups in total. The van der Waals surface area contributed by atoms with Crippen LogP contribution in [0.5, 0.6) is 0 Å². The molecule has 0 saturated heterocycles. The normalized spacial score (nSPS) is 15.1. The van der Waals surface area contributed by atoms with E-state index in [4.69, 9.17) is 15.4 Å². The average molecular weight is 491 g/mol. The second-order valence-electron chi connectivity index (χ2n) is 9.89. The van der Waals surface area contributed by atoms with Crippen LogP contribution in [0.1, 0.15) is 45.4 Å². The number of aryl methyl sites for hydroxylation is 2. The molecule has 0 bridgehead atoms. The minimum absolute atomic E-state index is 0.0793. The molecular weight excluding hydrogens is 460 g/mol. The molecule has 6 rings (SSSR count). The number of aromatic nitrogens is 4. The molecule has 1 amide bonds. The van der Waals surface area contributed by atoms with E-state index >= 15 is 0 Å². The molecule has 2 aromatic heterocycles. The van der Waals surface area contributed by atoms with Gasteiger partial charge in [0.25, 0.3) is 5.91 Å². The van der Waals surface area contributed by atoms with Gasteiger partial charge in [0.1, 0.15) is 11.6 Å².